The van der Waals surface area contributed by atoms with Crippen molar-refractivity contribution in [3.63, 3.8) is 0 Å². The normalized spacial score (nSPS) is 17.3. The Morgan fingerprint density at radius 1 is 0.882 bits per heavy atom. The van der Waals surface area contributed by atoms with Crippen LogP contribution in [0.5, 0.6) is 0 Å². The number of halogens is 2. The van der Waals surface area contributed by atoms with Crippen LogP contribution in [0.3, 0.4) is 0 Å². The summed E-state index contributed by atoms with van der Waals surface area (Å²) in [5.74, 6) is 0. The Hall–Kier alpha value is 0.254. The van der Waals surface area contributed by atoms with Crippen LogP contribution in [-0.2, 0) is 19.2 Å². The summed E-state index contributed by atoms with van der Waals surface area (Å²) < 4.78 is 3.56. The minimum Gasteiger partial charge on any atom is -0.147 e. The fourth-order valence-electron chi connectivity index (χ4n) is 2.21. The Labute approximate surface area is 126 Å². The molecule has 0 fully saturated rings. The minimum absolute atomic E-state index is 0. The molecular formula is C14H20Cl2Ti. The molecule has 0 aromatic rings. The van der Waals surface area contributed by atoms with E-state index in [4.69, 9.17) is 0 Å². The molecule has 94 valence electrons. The Kier molecular flexibility index (Phi) is 8.50. The molecule has 0 unspecified atom stereocenters. The molecule has 0 saturated carbocycles. The van der Waals surface area contributed by atoms with Gasteiger partial charge in [-0.3, -0.25) is 0 Å². The van der Waals surface area contributed by atoms with E-state index in [0.717, 1.165) is 0 Å². The predicted molar refractivity (Wildman–Crippen MR) is 76.6 cm³/mol. The van der Waals surface area contributed by atoms with Crippen molar-refractivity contribution < 1.29 is 19.2 Å². The largest absolute Gasteiger partial charge is 0.147 e. The predicted octanol–water partition coefficient (Wildman–Crippen LogP) is 5.16. The molecule has 2 aliphatic rings. The summed E-state index contributed by atoms with van der Waals surface area (Å²) in [7, 11) is 0. The van der Waals surface area contributed by atoms with Gasteiger partial charge in [-0.2, -0.15) is 0 Å². The molecule has 2 aliphatic carbocycles. The molecule has 0 amide bonds. The van der Waals surface area contributed by atoms with Gasteiger partial charge in [-0.15, -0.1) is 24.8 Å². The van der Waals surface area contributed by atoms with Crippen molar-refractivity contribution in [2.24, 2.45) is 0 Å². The third-order valence-electron chi connectivity index (χ3n) is 3.12. The summed E-state index contributed by atoms with van der Waals surface area (Å²) in [6.45, 7) is 4.55. The summed E-state index contributed by atoms with van der Waals surface area (Å²) in [5, 5.41) is 0. The van der Waals surface area contributed by atoms with E-state index in [1.807, 2.05) is 0 Å². The number of rotatable bonds is 4. The molecule has 0 atom stereocenters. The van der Waals surface area contributed by atoms with Crippen LogP contribution in [0, 0.1) is 0 Å². The van der Waals surface area contributed by atoms with E-state index >= 15 is 0 Å². The Balaban J connectivity index is 0.00000128. The fourth-order valence-corrected chi connectivity index (χ4v) is 4.78. The van der Waals surface area contributed by atoms with Crippen molar-refractivity contribution in [3.05, 3.63) is 43.2 Å². The van der Waals surface area contributed by atoms with Crippen molar-refractivity contribution >= 4 is 24.8 Å². The third-order valence-corrected chi connectivity index (χ3v) is 5.70. The smallest absolute Gasteiger partial charge is 0.147 e. The van der Waals surface area contributed by atoms with Crippen molar-refractivity contribution in [2.45, 2.75) is 39.5 Å². The first-order chi connectivity index (χ1) is 7.35. The van der Waals surface area contributed by atoms with E-state index in [9.17, 15) is 0 Å². The van der Waals surface area contributed by atoms with E-state index in [-0.39, 0.29) is 44.0 Å². The van der Waals surface area contributed by atoms with Gasteiger partial charge >= 0.3 is 102 Å². The van der Waals surface area contributed by atoms with Crippen LogP contribution >= 0.6 is 24.8 Å². The van der Waals surface area contributed by atoms with Crippen LogP contribution in [-0.4, -0.2) is 0 Å². The molecule has 0 nitrogen and oxygen atoms in total. The van der Waals surface area contributed by atoms with Gasteiger partial charge in [0.2, 0.25) is 0 Å². The van der Waals surface area contributed by atoms with Crippen LogP contribution in [0.4, 0.5) is 0 Å². The molecule has 0 saturated heterocycles. The second-order valence-electron chi connectivity index (χ2n) is 4.05. The molecule has 0 N–H and O–H groups in total. The summed E-state index contributed by atoms with van der Waals surface area (Å²) in [5.41, 5.74) is 3.26. The molecule has 0 spiro atoms. The molecule has 0 aliphatic heterocycles. The zero-order valence-electron chi connectivity index (χ0n) is 10.5. The first-order valence-corrected chi connectivity index (χ1v) is 7.45. The van der Waals surface area contributed by atoms with Gasteiger partial charge in [0.15, 0.2) is 0 Å². The number of hydrogen-bond donors (Lipinski definition) is 0. The van der Waals surface area contributed by atoms with Gasteiger partial charge in [0.05, 0.1) is 0 Å². The average molecular weight is 307 g/mol. The fraction of sp³-hybridized carbons (Fsp3) is 0.429. The van der Waals surface area contributed by atoms with Gasteiger partial charge in [0.25, 0.3) is 0 Å². The molecule has 0 heterocycles. The van der Waals surface area contributed by atoms with Crippen LogP contribution < -0.4 is 0 Å². The van der Waals surface area contributed by atoms with Gasteiger partial charge in [-0.25, -0.2) is 0 Å². The summed E-state index contributed by atoms with van der Waals surface area (Å²) >= 11 is 0.0149. The first-order valence-electron chi connectivity index (χ1n) is 5.89. The van der Waals surface area contributed by atoms with Crippen molar-refractivity contribution in [1.82, 2.24) is 0 Å². The first kappa shape index (κ1) is 17.3. The van der Waals surface area contributed by atoms with Crippen LogP contribution in [0.15, 0.2) is 43.2 Å². The average Bonchev–Trinajstić information content (AvgIpc) is 2.87. The maximum Gasteiger partial charge on any atom is -0.147 e. The molecule has 0 radical (unpaired) electrons. The van der Waals surface area contributed by atoms with E-state index in [1.54, 1.807) is 18.9 Å². The molecule has 2 rings (SSSR count). The summed E-state index contributed by atoms with van der Waals surface area (Å²) in [6, 6.07) is 0. The topological polar surface area (TPSA) is 0 Å². The molecule has 0 aromatic heterocycles. The van der Waals surface area contributed by atoms with Gasteiger partial charge in [0.1, 0.15) is 0 Å². The van der Waals surface area contributed by atoms with Crippen LogP contribution in [0.1, 0.15) is 39.5 Å². The monoisotopic (exact) mass is 306 g/mol. The van der Waals surface area contributed by atoms with Crippen molar-refractivity contribution in [1.29, 1.82) is 0 Å². The second kappa shape index (κ2) is 8.37. The van der Waals surface area contributed by atoms with E-state index in [2.05, 4.69) is 38.2 Å². The number of allylic oxidation sites excluding steroid dienone is 8. The maximum atomic E-state index is 2.34. The zero-order chi connectivity index (χ0) is 10.7. The van der Waals surface area contributed by atoms with Gasteiger partial charge in [0, 0.05) is 0 Å². The van der Waals surface area contributed by atoms with E-state index in [1.165, 1.54) is 25.7 Å². The molecule has 3 heteroatoms. The SMILES string of the molecule is CCC1=[C]([Ti][C]2=C(CC)C=CC2)CC=C1.Cl.Cl. The Bertz CT molecular complexity index is 340. The van der Waals surface area contributed by atoms with Crippen molar-refractivity contribution in [3.8, 4) is 0 Å². The molecule has 0 bridgehead atoms. The Morgan fingerprint density at radius 2 is 1.29 bits per heavy atom. The van der Waals surface area contributed by atoms with Gasteiger partial charge < -0.3 is 0 Å². The van der Waals surface area contributed by atoms with Crippen LogP contribution in [0.25, 0.3) is 0 Å². The number of hydrogen-bond acceptors (Lipinski definition) is 0. The third kappa shape index (κ3) is 4.14. The quantitative estimate of drug-likeness (QED) is 0.629. The van der Waals surface area contributed by atoms with Crippen molar-refractivity contribution in [2.75, 3.05) is 0 Å². The second-order valence-corrected chi connectivity index (χ2v) is 6.33. The minimum atomic E-state index is 0. The molecule has 17 heavy (non-hydrogen) atoms. The van der Waals surface area contributed by atoms with E-state index < -0.39 is 0 Å². The Morgan fingerprint density at radius 3 is 1.65 bits per heavy atom. The molecule has 0 aromatic carbocycles. The standard InChI is InChI=1S/2C7H9.2ClH.Ti/c2*1-2-7-5-3-4-6-7;;;/h2*3,5H,2,4H2,1H3;2*1H;. The van der Waals surface area contributed by atoms with Gasteiger partial charge in [-0.05, 0) is 0 Å². The van der Waals surface area contributed by atoms with Gasteiger partial charge in [-0.1, -0.05) is 0 Å². The maximum absolute atomic E-state index is 2.34. The molecular weight excluding hydrogens is 287 g/mol. The van der Waals surface area contributed by atoms with Crippen LogP contribution in [0.2, 0.25) is 0 Å². The summed E-state index contributed by atoms with van der Waals surface area (Å²) in [4.78, 5) is 0. The van der Waals surface area contributed by atoms with E-state index in [0.29, 0.717) is 0 Å². The summed E-state index contributed by atoms with van der Waals surface area (Å²) in [6.07, 6.45) is 14.3. The zero-order valence-corrected chi connectivity index (χ0v) is 13.6.